The van der Waals surface area contributed by atoms with Crippen molar-refractivity contribution in [3.05, 3.63) is 35.9 Å². The average molecular weight is 218 g/mol. The monoisotopic (exact) mass is 218 g/mol. The van der Waals surface area contributed by atoms with Gasteiger partial charge in [0.2, 0.25) is 0 Å². The van der Waals surface area contributed by atoms with Gasteiger partial charge in [-0.05, 0) is 24.8 Å². The van der Waals surface area contributed by atoms with Crippen LogP contribution < -0.4 is 0 Å². The molecule has 1 saturated carbocycles. The van der Waals surface area contributed by atoms with E-state index in [0.717, 1.165) is 19.3 Å². The van der Waals surface area contributed by atoms with Gasteiger partial charge in [0.15, 0.2) is 0 Å². The fourth-order valence-electron chi connectivity index (χ4n) is 2.38. The Hall–Kier alpha value is -1.15. The van der Waals surface area contributed by atoms with Crippen molar-refractivity contribution >= 4 is 5.78 Å². The summed E-state index contributed by atoms with van der Waals surface area (Å²) in [4.78, 5) is 11.8. The fraction of sp³-hybridized carbons (Fsp3) is 0.500. The van der Waals surface area contributed by atoms with Crippen LogP contribution in [0.25, 0.3) is 0 Å². The van der Waals surface area contributed by atoms with E-state index in [9.17, 15) is 4.79 Å². The van der Waals surface area contributed by atoms with E-state index in [4.69, 9.17) is 4.74 Å². The number of rotatable bonds is 3. The molecule has 2 rings (SSSR count). The van der Waals surface area contributed by atoms with Crippen LogP contribution in [0.5, 0.6) is 0 Å². The third-order valence-corrected chi connectivity index (χ3v) is 3.37. The molecule has 0 spiro atoms. The molecule has 1 aliphatic carbocycles. The summed E-state index contributed by atoms with van der Waals surface area (Å²) in [6, 6.07) is 10.2. The van der Waals surface area contributed by atoms with Crippen molar-refractivity contribution in [3.63, 3.8) is 0 Å². The Balaban J connectivity index is 2.00. The molecule has 2 nitrogen and oxygen atoms in total. The van der Waals surface area contributed by atoms with Gasteiger partial charge in [0.05, 0.1) is 6.10 Å². The van der Waals surface area contributed by atoms with E-state index in [0.29, 0.717) is 12.2 Å². The van der Waals surface area contributed by atoms with Crippen LogP contribution in [-0.2, 0) is 16.0 Å². The van der Waals surface area contributed by atoms with Gasteiger partial charge in [0, 0.05) is 19.4 Å². The van der Waals surface area contributed by atoms with Crippen LogP contribution in [0.4, 0.5) is 0 Å². The largest absolute Gasteiger partial charge is 0.381 e. The van der Waals surface area contributed by atoms with Crippen molar-refractivity contribution in [2.45, 2.75) is 31.8 Å². The third-order valence-electron chi connectivity index (χ3n) is 3.37. The number of methoxy groups -OCH3 is 1. The van der Waals surface area contributed by atoms with Gasteiger partial charge >= 0.3 is 0 Å². The Bertz CT molecular complexity index is 345. The van der Waals surface area contributed by atoms with Crippen LogP contribution in [0.3, 0.4) is 0 Å². The molecule has 0 saturated heterocycles. The first-order valence-electron chi connectivity index (χ1n) is 5.89. The molecule has 1 fully saturated rings. The van der Waals surface area contributed by atoms with Crippen LogP contribution >= 0.6 is 0 Å². The number of carbonyl (C=O) groups is 1. The van der Waals surface area contributed by atoms with Crippen LogP contribution in [0, 0.1) is 5.92 Å². The predicted molar refractivity (Wildman–Crippen MR) is 63.3 cm³/mol. The highest BCUT2D eigenvalue weighted by molar-refractivity contribution is 5.82. The van der Waals surface area contributed by atoms with Crippen LogP contribution in [0.1, 0.15) is 24.8 Å². The SMILES string of the molecule is COC1CCC(=O)C(Cc2ccccc2)C1. The quantitative estimate of drug-likeness (QED) is 0.779. The maximum atomic E-state index is 11.8. The Labute approximate surface area is 96.6 Å². The lowest BCUT2D eigenvalue weighted by atomic mass is 9.82. The standard InChI is InChI=1S/C14H18O2/c1-16-13-7-8-14(15)12(10-13)9-11-5-3-2-4-6-11/h2-6,12-13H,7-10H2,1H3. The molecular formula is C14H18O2. The third kappa shape index (κ3) is 2.70. The van der Waals surface area contributed by atoms with Crippen molar-refractivity contribution in [1.82, 2.24) is 0 Å². The predicted octanol–water partition coefficient (Wildman–Crippen LogP) is 2.61. The molecule has 86 valence electrons. The van der Waals surface area contributed by atoms with Gasteiger partial charge in [-0.3, -0.25) is 4.79 Å². The molecule has 0 amide bonds. The minimum absolute atomic E-state index is 0.154. The first-order chi connectivity index (χ1) is 7.79. The molecule has 2 unspecified atom stereocenters. The number of carbonyl (C=O) groups excluding carboxylic acids is 1. The Morgan fingerprint density at radius 3 is 2.75 bits per heavy atom. The molecule has 1 aromatic rings. The summed E-state index contributed by atoms with van der Waals surface area (Å²) in [6.45, 7) is 0. The zero-order valence-corrected chi connectivity index (χ0v) is 9.69. The van der Waals surface area contributed by atoms with Crippen molar-refractivity contribution in [2.24, 2.45) is 5.92 Å². The number of hydrogen-bond acceptors (Lipinski definition) is 2. The highest BCUT2D eigenvalue weighted by Gasteiger charge is 2.28. The number of Topliss-reactive ketones (excluding diaryl/α,β-unsaturated/α-hetero) is 1. The lowest BCUT2D eigenvalue weighted by Crippen LogP contribution is -2.30. The summed E-state index contributed by atoms with van der Waals surface area (Å²) in [6.07, 6.45) is 3.58. The molecule has 0 radical (unpaired) electrons. The zero-order valence-electron chi connectivity index (χ0n) is 9.69. The van der Waals surface area contributed by atoms with Crippen LogP contribution in [0.2, 0.25) is 0 Å². The van der Waals surface area contributed by atoms with E-state index < -0.39 is 0 Å². The summed E-state index contributed by atoms with van der Waals surface area (Å²) in [5.74, 6) is 0.554. The normalized spacial score (nSPS) is 25.7. The molecule has 2 heteroatoms. The minimum atomic E-state index is 0.154. The summed E-state index contributed by atoms with van der Waals surface area (Å²) in [5.41, 5.74) is 1.25. The number of ketones is 1. The topological polar surface area (TPSA) is 26.3 Å². The van der Waals surface area contributed by atoms with Crippen LogP contribution in [0.15, 0.2) is 30.3 Å². The highest BCUT2D eigenvalue weighted by Crippen LogP contribution is 2.26. The molecule has 0 heterocycles. The average Bonchev–Trinajstić information content (AvgIpc) is 2.33. The van der Waals surface area contributed by atoms with E-state index in [2.05, 4.69) is 12.1 Å². The maximum absolute atomic E-state index is 11.8. The van der Waals surface area contributed by atoms with Crippen molar-refractivity contribution in [1.29, 1.82) is 0 Å². The van der Waals surface area contributed by atoms with Crippen molar-refractivity contribution in [2.75, 3.05) is 7.11 Å². The Morgan fingerprint density at radius 1 is 1.31 bits per heavy atom. The molecule has 0 aromatic heterocycles. The second-order valence-corrected chi connectivity index (χ2v) is 4.49. The van der Waals surface area contributed by atoms with E-state index in [1.165, 1.54) is 5.56 Å². The first kappa shape index (κ1) is 11.3. The van der Waals surface area contributed by atoms with E-state index in [1.807, 2.05) is 18.2 Å². The number of benzene rings is 1. The van der Waals surface area contributed by atoms with Crippen molar-refractivity contribution in [3.8, 4) is 0 Å². The summed E-state index contributed by atoms with van der Waals surface area (Å²) in [5, 5.41) is 0. The summed E-state index contributed by atoms with van der Waals surface area (Å²) >= 11 is 0. The molecular weight excluding hydrogens is 200 g/mol. The Kier molecular flexibility index (Phi) is 3.73. The molecule has 16 heavy (non-hydrogen) atoms. The fourth-order valence-corrected chi connectivity index (χ4v) is 2.38. The van der Waals surface area contributed by atoms with Gasteiger partial charge in [-0.1, -0.05) is 30.3 Å². The lowest BCUT2D eigenvalue weighted by Gasteiger charge is -2.27. The second-order valence-electron chi connectivity index (χ2n) is 4.49. The zero-order chi connectivity index (χ0) is 11.4. The molecule has 0 N–H and O–H groups in total. The minimum Gasteiger partial charge on any atom is -0.381 e. The number of ether oxygens (including phenoxy) is 1. The van der Waals surface area contributed by atoms with E-state index >= 15 is 0 Å². The molecule has 2 atom stereocenters. The number of hydrogen-bond donors (Lipinski definition) is 0. The first-order valence-corrected chi connectivity index (χ1v) is 5.89. The molecule has 0 bridgehead atoms. The summed E-state index contributed by atoms with van der Waals surface area (Å²) < 4.78 is 5.36. The maximum Gasteiger partial charge on any atom is 0.136 e. The van der Waals surface area contributed by atoms with E-state index in [1.54, 1.807) is 7.11 Å². The lowest BCUT2D eigenvalue weighted by molar-refractivity contribution is -0.127. The molecule has 1 aromatic carbocycles. The van der Waals surface area contributed by atoms with Crippen molar-refractivity contribution < 1.29 is 9.53 Å². The van der Waals surface area contributed by atoms with Gasteiger partial charge in [-0.2, -0.15) is 0 Å². The molecule has 0 aliphatic heterocycles. The van der Waals surface area contributed by atoms with Gasteiger partial charge in [-0.15, -0.1) is 0 Å². The smallest absolute Gasteiger partial charge is 0.136 e. The van der Waals surface area contributed by atoms with Gasteiger partial charge in [-0.25, -0.2) is 0 Å². The van der Waals surface area contributed by atoms with E-state index in [-0.39, 0.29) is 12.0 Å². The molecule has 1 aliphatic rings. The Morgan fingerprint density at radius 2 is 2.06 bits per heavy atom. The van der Waals surface area contributed by atoms with Gasteiger partial charge < -0.3 is 4.74 Å². The second kappa shape index (κ2) is 5.26. The summed E-state index contributed by atoms with van der Waals surface area (Å²) in [7, 11) is 1.74. The van der Waals surface area contributed by atoms with Crippen LogP contribution in [-0.4, -0.2) is 19.0 Å². The van der Waals surface area contributed by atoms with Gasteiger partial charge in [0.1, 0.15) is 5.78 Å². The highest BCUT2D eigenvalue weighted by atomic mass is 16.5. The van der Waals surface area contributed by atoms with Gasteiger partial charge in [0.25, 0.3) is 0 Å².